The summed E-state index contributed by atoms with van der Waals surface area (Å²) in [4.78, 5) is 11.7. The van der Waals surface area contributed by atoms with Crippen molar-refractivity contribution in [1.29, 1.82) is 0 Å². The first-order valence-corrected chi connectivity index (χ1v) is 6.57. The predicted molar refractivity (Wildman–Crippen MR) is 66.3 cm³/mol. The summed E-state index contributed by atoms with van der Waals surface area (Å²) in [6.45, 7) is 6.37. The topological polar surface area (TPSA) is 67.8 Å². The normalized spacial score (nSPS) is 35.3. The fourth-order valence-electron chi connectivity index (χ4n) is 2.96. The third-order valence-electron chi connectivity index (χ3n) is 3.79. The number of carbonyl (C=O) groups is 1. The molecule has 0 radical (unpaired) electrons. The first-order chi connectivity index (χ1) is 8.35. The van der Waals surface area contributed by atoms with Crippen molar-refractivity contribution >= 4 is 6.09 Å². The van der Waals surface area contributed by atoms with Crippen molar-refractivity contribution in [2.75, 3.05) is 13.2 Å². The maximum Gasteiger partial charge on any atom is 0.407 e. The Bertz CT molecular complexity index is 325. The van der Waals surface area contributed by atoms with Gasteiger partial charge in [-0.2, -0.15) is 0 Å². The molecule has 1 saturated carbocycles. The molecule has 2 rings (SSSR count). The SMILES string of the molecule is CC(C)(C)OC(=O)NC1C[C@H]2OCC[C@@]2(CO)C1. The van der Waals surface area contributed by atoms with Gasteiger partial charge in [0.2, 0.25) is 0 Å². The largest absolute Gasteiger partial charge is 0.444 e. The molecule has 1 amide bonds. The van der Waals surface area contributed by atoms with Crippen LogP contribution in [-0.2, 0) is 9.47 Å². The van der Waals surface area contributed by atoms with Gasteiger partial charge in [0.25, 0.3) is 0 Å². The Balaban J connectivity index is 1.88. The maximum absolute atomic E-state index is 11.7. The van der Waals surface area contributed by atoms with Gasteiger partial charge in [-0.3, -0.25) is 0 Å². The monoisotopic (exact) mass is 257 g/mol. The van der Waals surface area contributed by atoms with Crippen LogP contribution in [0.4, 0.5) is 4.79 Å². The number of carbonyl (C=O) groups excluding carboxylic acids is 1. The Kier molecular flexibility index (Phi) is 3.56. The highest BCUT2D eigenvalue weighted by molar-refractivity contribution is 5.68. The summed E-state index contributed by atoms with van der Waals surface area (Å²) in [5, 5.41) is 12.4. The quantitative estimate of drug-likeness (QED) is 0.785. The van der Waals surface area contributed by atoms with Gasteiger partial charge in [-0.15, -0.1) is 0 Å². The van der Waals surface area contributed by atoms with Gasteiger partial charge in [0.05, 0.1) is 12.7 Å². The first-order valence-electron chi connectivity index (χ1n) is 6.57. The summed E-state index contributed by atoms with van der Waals surface area (Å²) in [6, 6.07) is 0.0392. The zero-order valence-electron chi connectivity index (χ0n) is 11.4. The van der Waals surface area contributed by atoms with Crippen LogP contribution in [0.1, 0.15) is 40.0 Å². The number of fused-ring (bicyclic) bond motifs is 1. The van der Waals surface area contributed by atoms with Crippen LogP contribution in [-0.4, -0.2) is 42.2 Å². The van der Waals surface area contributed by atoms with Gasteiger partial charge in [0.15, 0.2) is 0 Å². The van der Waals surface area contributed by atoms with E-state index in [2.05, 4.69) is 5.32 Å². The number of ether oxygens (including phenoxy) is 2. The van der Waals surface area contributed by atoms with E-state index in [1.807, 2.05) is 20.8 Å². The minimum Gasteiger partial charge on any atom is -0.444 e. The Morgan fingerprint density at radius 1 is 1.56 bits per heavy atom. The molecule has 2 fully saturated rings. The van der Waals surface area contributed by atoms with E-state index in [1.165, 1.54) is 0 Å². The average Bonchev–Trinajstić information content (AvgIpc) is 2.70. The van der Waals surface area contributed by atoms with Crippen LogP contribution >= 0.6 is 0 Å². The number of nitrogens with one attached hydrogen (secondary N) is 1. The average molecular weight is 257 g/mol. The van der Waals surface area contributed by atoms with Gasteiger partial charge in [0.1, 0.15) is 5.60 Å². The molecule has 1 heterocycles. The molecule has 104 valence electrons. The Labute approximate surface area is 108 Å². The number of aliphatic hydroxyl groups is 1. The summed E-state index contributed by atoms with van der Waals surface area (Å²) in [7, 11) is 0. The Morgan fingerprint density at radius 2 is 2.28 bits per heavy atom. The minimum atomic E-state index is -0.482. The molecule has 1 aliphatic heterocycles. The van der Waals surface area contributed by atoms with Crippen molar-refractivity contribution in [3.63, 3.8) is 0 Å². The highest BCUT2D eigenvalue weighted by Gasteiger charge is 2.51. The number of hydrogen-bond donors (Lipinski definition) is 2. The molecule has 0 bridgehead atoms. The van der Waals surface area contributed by atoms with Crippen molar-refractivity contribution in [3.8, 4) is 0 Å². The first kappa shape index (κ1) is 13.6. The molecule has 2 aliphatic rings. The molecule has 0 aromatic rings. The molecule has 1 unspecified atom stereocenters. The van der Waals surface area contributed by atoms with E-state index >= 15 is 0 Å². The second kappa shape index (κ2) is 4.70. The number of hydrogen-bond acceptors (Lipinski definition) is 4. The van der Waals surface area contributed by atoms with Gasteiger partial charge in [-0.25, -0.2) is 4.79 Å². The second-order valence-corrected chi connectivity index (χ2v) is 6.41. The summed E-state index contributed by atoms with van der Waals surface area (Å²) in [6.07, 6.45) is 2.09. The van der Waals surface area contributed by atoms with Crippen molar-refractivity contribution in [2.45, 2.75) is 57.8 Å². The van der Waals surface area contributed by atoms with Crippen LogP contribution in [0.2, 0.25) is 0 Å². The van der Waals surface area contributed by atoms with Crippen LogP contribution in [0.15, 0.2) is 0 Å². The number of amides is 1. The lowest BCUT2D eigenvalue weighted by molar-refractivity contribution is 0.0380. The number of alkyl carbamates (subject to hydrolysis) is 1. The van der Waals surface area contributed by atoms with E-state index in [4.69, 9.17) is 9.47 Å². The standard InChI is InChI=1S/C13H23NO4/c1-12(2,3)18-11(16)14-9-6-10-13(7-9,8-15)4-5-17-10/h9-10,15H,4-8H2,1-3H3,(H,14,16)/t9?,10-,13+/m1/s1. The summed E-state index contributed by atoms with van der Waals surface area (Å²) in [5.74, 6) is 0. The van der Waals surface area contributed by atoms with Crippen molar-refractivity contribution < 1.29 is 19.4 Å². The molecule has 0 aromatic heterocycles. The molecular weight excluding hydrogens is 234 g/mol. The molecule has 0 aromatic carbocycles. The second-order valence-electron chi connectivity index (χ2n) is 6.41. The summed E-state index contributed by atoms with van der Waals surface area (Å²) < 4.78 is 10.9. The lowest BCUT2D eigenvalue weighted by Crippen LogP contribution is -2.38. The lowest BCUT2D eigenvalue weighted by atomic mass is 9.84. The third-order valence-corrected chi connectivity index (χ3v) is 3.79. The fraction of sp³-hybridized carbons (Fsp3) is 0.923. The van der Waals surface area contributed by atoms with Gasteiger partial charge in [0, 0.05) is 18.1 Å². The van der Waals surface area contributed by atoms with Crippen LogP contribution in [0.3, 0.4) is 0 Å². The summed E-state index contributed by atoms with van der Waals surface area (Å²) >= 11 is 0. The van der Waals surface area contributed by atoms with Gasteiger partial charge in [-0.05, 0) is 40.0 Å². The van der Waals surface area contributed by atoms with E-state index in [0.717, 1.165) is 19.3 Å². The van der Waals surface area contributed by atoms with Crippen molar-refractivity contribution in [3.05, 3.63) is 0 Å². The molecule has 2 N–H and O–H groups in total. The lowest BCUT2D eigenvalue weighted by Gasteiger charge is -2.25. The van der Waals surface area contributed by atoms with Gasteiger partial charge < -0.3 is 19.9 Å². The molecule has 0 spiro atoms. The van der Waals surface area contributed by atoms with E-state index in [1.54, 1.807) is 0 Å². The Morgan fingerprint density at radius 3 is 2.83 bits per heavy atom. The fourth-order valence-corrected chi connectivity index (χ4v) is 2.96. The highest BCUT2D eigenvalue weighted by Crippen LogP contribution is 2.47. The highest BCUT2D eigenvalue weighted by atomic mass is 16.6. The maximum atomic E-state index is 11.7. The van der Waals surface area contributed by atoms with Crippen LogP contribution < -0.4 is 5.32 Å². The number of rotatable bonds is 2. The van der Waals surface area contributed by atoms with Crippen molar-refractivity contribution in [1.82, 2.24) is 5.32 Å². The van der Waals surface area contributed by atoms with E-state index in [0.29, 0.717) is 6.61 Å². The molecular formula is C13H23NO4. The predicted octanol–water partition coefficient (Wildman–Crippen LogP) is 1.44. The molecule has 1 saturated heterocycles. The van der Waals surface area contributed by atoms with E-state index in [-0.39, 0.29) is 30.3 Å². The molecule has 5 heteroatoms. The van der Waals surface area contributed by atoms with Crippen molar-refractivity contribution in [2.24, 2.45) is 5.41 Å². The minimum absolute atomic E-state index is 0.0392. The third kappa shape index (κ3) is 2.78. The van der Waals surface area contributed by atoms with Gasteiger partial charge >= 0.3 is 6.09 Å². The molecule has 1 aliphatic carbocycles. The summed E-state index contributed by atoms with van der Waals surface area (Å²) in [5.41, 5.74) is -0.636. The zero-order chi connectivity index (χ0) is 13.4. The van der Waals surface area contributed by atoms with E-state index in [9.17, 15) is 9.90 Å². The van der Waals surface area contributed by atoms with Crippen LogP contribution in [0, 0.1) is 5.41 Å². The zero-order valence-corrected chi connectivity index (χ0v) is 11.4. The number of aliphatic hydroxyl groups excluding tert-OH is 1. The van der Waals surface area contributed by atoms with E-state index < -0.39 is 5.60 Å². The van der Waals surface area contributed by atoms with Crippen LogP contribution in [0.25, 0.3) is 0 Å². The molecule has 18 heavy (non-hydrogen) atoms. The molecule has 3 atom stereocenters. The Hall–Kier alpha value is -0.810. The smallest absolute Gasteiger partial charge is 0.407 e. The van der Waals surface area contributed by atoms with Crippen LogP contribution in [0.5, 0.6) is 0 Å². The molecule has 5 nitrogen and oxygen atoms in total. The van der Waals surface area contributed by atoms with Gasteiger partial charge in [-0.1, -0.05) is 0 Å².